The third kappa shape index (κ3) is 2.99. The van der Waals surface area contributed by atoms with Gasteiger partial charge in [-0.3, -0.25) is 0 Å². The van der Waals surface area contributed by atoms with Crippen LogP contribution in [0, 0.1) is 19.7 Å². The van der Waals surface area contributed by atoms with Crippen molar-refractivity contribution in [3.63, 3.8) is 0 Å². The highest BCUT2D eigenvalue weighted by Crippen LogP contribution is 2.26. The van der Waals surface area contributed by atoms with Crippen LogP contribution in [0.2, 0.25) is 0 Å². The molecule has 0 aliphatic carbocycles. The van der Waals surface area contributed by atoms with Crippen molar-refractivity contribution in [1.82, 2.24) is 0 Å². The van der Waals surface area contributed by atoms with Gasteiger partial charge in [-0.1, -0.05) is 12.2 Å². The van der Waals surface area contributed by atoms with Gasteiger partial charge in [0.1, 0.15) is 22.3 Å². The number of rotatable bonds is 4. The Morgan fingerprint density at radius 2 is 2.05 bits per heavy atom. The summed E-state index contributed by atoms with van der Waals surface area (Å²) in [6.07, 6.45) is 0. The van der Waals surface area contributed by atoms with Gasteiger partial charge in [-0.15, -0.1) is 0 Å². The van der Waals surface area contributed by atoms with Gasteiger partial charge in [-0.2, -0.15) is 0 Å². The zero-order valence-corrected chi connectivity index (χ0v) is 12.5. The lowest BCUT2D eigenvalue weighted by atomic mass is 10.1. The monoisotopic (exact) mass is 292 g/mol. The molecule has 0 aliphatic heterocycles. The topological polar surface area (TPSA) is 51.2 Å². The number of halogens is 1. The second-order valence-electron chi connectivity index (χ2n) is 4.79. The Bertz CT molecular complexity index is 651. The SMILES string of the molecule is Cc1cc(C(C)Nc2ccc(C(N)=S)cc2F)c(C)o1. The van der Waals surface area contributed by atoms with Gasteiger partial charge in [0.15, 0.2) is 0 Å². The summed E-state index contributed by atoms with van der Waals surface area (Å²) >= 11 is 4.83. The number of anilines is 1. The van der Waals surface area contributed by atoms with E-state index < -0.39 is 0 Å². The molecule has 1 aromatic carbocycles. The van der Waals surface area contributed by atoms with E-state index in [1.54, 1.807) is 12.1 Å². The fraction of sp³-hybridized carbons (Fsp3) is 0.267. The summed E-state index contributed by atoms with van der Waals surface area (Å²) < 4.78 is 19.5. The number of hydrogen-bond acceptors (Lipinski definition) is 3. The minimum atomic E-state index is -0.375. The van der Waals surface area contributed by atoms with E-state index in [0.717, 1.165) is 17.1 Å². The fourth-order valence-corrected chi connectivity index (χ4v) is 2.30. The minimum Gasteiger partial charge on any atom is -0.466 e. The quantitative estimate of drug-likeness (QED) is 0.841. The second-order valence-corrected chi connectivity index (χ2v) is 5.23. The van der Waals surface area contributed by atoms with Crippen LogP contribution in [0.25, 0.3) is 0 Å². The van der Waals surface area contributed by atoms with Crippen LogP contribution in [0.15, 0.2) is 28.7 Å². The van der Waals surface area contributed by atoms with Crippen LogP contribution in [0.5, 0.6) is 0 Å². The highest BCUT2D eigenvalue weighted by atomic mass is 32.1. The number of nitrogens with two attached hydrogens (primary N) is 1. The highest BCUT2D eigenvalue weighted by molar-refractivity contribution is 7.80. The summed E-state index contributed by atoms with van der Waals surface area (Å²) in [4.78, 5) is 0.185. The van der Waals surface area contributed by atoms with E-state index in [9.17, 15) is 4.39 Å². The first-order valence-corrected chi connectivity index (χ1v) is 6.72. The number of aryl methyl sites for hydroxylation is 2. The standard InChI is InChI=1S/C15H17FN2OS/c1-8-6-12(10(3)19-8)9(2)18-14-5-4-11(15(17)20)7-13(14)16/h4-7,9,18H,1-3H3,(H2,17,20). The first-order chi connectivity index (χ1) is 9.38. The molecular formula is C15H17FN2OS. The average molecular weight is 292 g/mol. The van der Waals surface area contributed by atoms with Crippen molar-refractivity contribution in [1.29, 1.82) is 0 Å². The van der Waals surface area contributed by atoms with Gasteiger partial charge in [0.25, 0.3) is 0 Å². The Kier molecular flexibility index (Phi) is 4.09. The normalized spacial score (nSPS) is 12.2. The Morgan fingerprint density at radius 1 is 1.35 bits per heavy atom. The Hall–Kier alpha value is -1.88. The smallest absolute Gasteiger partial charge is 0.147 e. The lowest BCUT2D eigenvalue weighted by molar-refractivity contribution is 0.499. The number of nitrogens with one attached hydrogen (secondary N) is 1. The minimum absolute atomic E-state index is 0.0578. The number of hydrogen-bond donors (Lipinski definition) is 2. The fourth-order valence-electron chi connectivity index (χ4n) is 2.18. The molecule has 2 rings (SSSR count). The zero-order chi connectivity index (χ0) is 14.9. The van der Waals surface area contributed by atoms with Gasteiger partial charge < -0.3 is 15.5 Å². The molecule has 1 atom stereocenters. The largest absolute Gasteiger partial charge is 0.466 e. The van der Waals surface area contributed by atoms with Gasteiger partial charge in [0, 0.05) is 11.1 Å². The van der Waals surface area contributed by atoms with E-state index in [4.69, 9.17) is 22.4 Å². The van der Waals surface area contributed by atoms with Crippen molar-refractivity contribution in [3.05, 3.63) is 52.7 Å². The molecule has 0 amide bonds. The van der Waals surface area contributed by atoms with Crippen molar-refractivity contribution in [2.75, 3.05) is 5.32 Å². The average Bonchev–Trinajstić information content (AvgIpc) is 2.70. The predicted octanol–water partition coefficient (Wildman–Crippen LogP) is 3.84. The third-order valence-corrected chi connectivity index (χ3v) is 3.41. The molecule has 2 aromatic rings. The lowest BCUT2D eigenvalue weighted by Crippen LogP contribution is -2.12. The molecule has 0 radical (unpaired) electrons. The predicted molar refractivity (Wildman–Crippen MR) is 82.5 cm³/mol. The maximum Gasteiger partial charge on any atom is 0.147 e. The number of furan rings is 1. The van der Waals surface area contributed by atoms with Crippen LogP contribution in [0.3, 0.4) is 0 Å². The molecule has 3 nitrogen and oxygen atoms in total. The number of benzene rings is 1. The van der Waals surface area contributed by atoms with Crippen LogP contribution in [0.1, 0.15) is 35.6 Å². The summed E-state index contributed by atoms with van der Waals surface area (Å²) in [5.74, 6) is 1.30. The molecule has 0 bridgehead atoms. The Morgan fingerprint density at radius 3 is 2.55 bits per heavy atom. The summed E-state index contributed by atoms with van der Waals surface area (Å²) in [7, 11) is 0. The van der Waals surface area contributed by atoms with Crippen molar-refractivity contribution < 1.29 is 8.81 Å². The molecule has 106 valence electrons. The van der Waals surface area contributed by atoms with E-state index in [-0.39, 0.29) is 16.8 Å². The molecule has 1 heterocycles. The maximum atomic E-state index is 14.0. The molecule has 20 heavy (non-hydrogen) atoms. The third-order valence-electron chi connectivity index (χ3n) is 3.17. The van der Waals surface area contributed by atoms with Gasteiger partial charge in [0.05, 0.1) is 11.7 Å². The molecule has 3 N–H and O–H groups in total. The lowest BCUT2D eigenvalue weighted by Gasteiger charge is -2.15. The van der Waals surface area contributed by atoms with E-state index in [1.807, 2.05) is 26.8 Å². The molecule has 0 aliphatic rings. The van der Waals surface area contributed by atoms with Crippen LogP contribution < -0.4 is 11.1 Å². The molecule has 0 saturated heterocycles. The van der Waals surface area contributed by atoms with Crippen molar-refractivity contribution in [3.8, 4) is 0 Å². The zero-order valence-electron chi connectivity index (χ0n) is 11.7. The van der Waals surface area contributed by atoms with E-state index in [1.165, 1.54) is 6.07 Å². The second kappa shape index (κ2) is 5.63. The summed E-state index contributed by atoms with van der Waals surface area (Å²) in [5, 5.41) is 3.13. The molecule has 5 heteroatoms. The first-order valence-electron chi connectivity index (χ1n) is 6.31. The van der Waals surface area contributed by atoms with Gasteiger partial charge in [-0.05, 0) is 45.0 Å². The number of thiocarbonyl (C=S) groups is 1. The first kappa shape index (κ1) is 14.5. The highest BCUT2D eigenvalue weighted by Gasteiger charge is 2.14. The van der Waals surface area contributed by atoms with Gasteiger partial charge in [-0.25, -0.2) is 4.39 Å². The summed E-state index contributed by atoms with van der Waals surface area (Å²) in [6.45, 7) is 5.74. The molecular weight excluding hydrogens is 275 g/mol. The van der Waals surface area contributed by atoms with Gasteiger partial charge in [0.2, 0.25) is 0 Å². The Balaban J connectivity index is 2.22. The van der Waals surface area contributed by atoms with E-state index in [0.29, 0.717) is 11.3 Å². The van der Waals surface area contributed by atoms with Crippen LogP contribution >= 0.6 is 12.2 Å². The van der Waals surface area contributed by atoms with Crippen LogP contribution in [0.4, 0.5) is 10.1 Å². The van der Waals surface area contributed by atoms with E-state index >= 15 is 0 Å². The molecule has 0 saturated carbocycles. The molecule has 1 unspecified atom stereocenters. The Labute approximate surface area is 123 Å². The molecule has 0 fully saturated rings. The van der Waals surface area contributed by atoms with Crippen molar-refractivity contribution >= 4 is 22.9 Å². The maximum absolute atomic E-state index is 14.0. The summed E-state index contributed by atoms with van der Waals surface area (Å²) in [5.41, 5.74) is 7.43. The molecule has 1 aromatic heterocycles. The van der Waals surface area contributed by atoms with Gasteiger partial charge >= 0.3 is 0 Å². The van der Waals surface area contributed by atoms with Crippen LogP contribution in [-0.4, -0.2) is 4.99 Å². The van der Waals surface area contributed by atoms with Crippen LogP contribution in [-0.2, 0) is 0 Å². The van der Waals surface area contributed by atoms with Crippen molar-refractivity contribution in [2.24, 2.45) is 5.73 Å². The van der Waals surface area contributed by atoms with E-state index in [2.05, 4.69) is 5.32 Å². The summed E-state index contributed by atoms with van der Waals surface area (Å²) in [6, 6.07) is 6.58. The van der Waals surface area contributed by atoms with Crippen molar-refractivity contribution in [2.45, 2.75) is 26.8 Å². The molecule has 0 spiro atoms.